The molecule has 1 unspecified atom stereocenters. The molecule has 29 heavy (non-hydrogen) atoms. The van der Waals surface area contributed by atoms with Gasteiger partial charge in [-0.3, -0.25) is 9.59 Å². The molecule has 2 saturated heterocycles. The zero-order valence-electron chi connectivity index (χ0n) is 16.9. The summed E-state index contributed by atoms with van der Waals surface area (Å²) in [4.78, 5) is 26.4. The summed E-state index contributed by atoms with van der Waals surface area (Å²) in [6.45, 7) is 5.69. The Morgan fingerprint density at radius 3 is 2.55 bits per heavy atom. The second-order valence-corrected chi connectivity index (χ2v) is 8.04. The van der Waals surface area contributed by atoms with E-state index in [-0.39, 0.29) is 17.9 Å². The molecule has 7 heteroatoms. The van der Waals surface area contributed by atoms with Crippen LogP contribution in [0.5, 0.6) is 0 Å². The van der Waals surface area contributed by atoms with Crippen molar-refractivity contribution in [3.63, 3.8) is 0 Å². The Kier molecular flexibility index (Phi) is 5.41. The maximum absolute atomic E-state index is 13.1. The number of benzene rings is 1. The maximum atomic E-state index is 13.1. The van der Waals surface area contributed by atoms with Crippen LogP contribution in [0.2, 0.25) is 0 Å². The van der Waals surface area contributed by atoms with E-state index in [1.165, 1.54) is 0 Å². The van der Waals surface area contributed by atoms with E-state index in [1.54, 1.807) is 6.20 Å². The number of carbonyl (C=O) groups is 2. The minimum absolute atomic E-state index is 0.0112. The molecule has 1 aromatic heterocycles. The Balaban J connectivity index is 1.44. The molecule has 0 spiro atoms. The quantitative estimate of drug-likeness (QED) is 0.858. The van der Waals surface area contributed by atoms with Crippen molar-refractivity contribution in [3.8, 4) is 5.69 Å². The molecular formula is C22H27N3O4. The first-order valence-electron chi connectivity index (χ1n) is 10.2. The molecule has 1 aromatic carbocycles. The summed E-state index contributed by atoms with van der Waals surface area (Å²) in [5.74, 6) is -1.01. The monoisotopic (exact) mass is 397 g/mol. The van der Waals surface area contributed by atoms with Gasteiger partial charge in [0, 0.05) is 19.7 Å². The van der Waals surface area contributed by atoms with Crippen molar-refractivity contribution in [2.45, 2.75) is 39.2 Å². The normalized spacial score (nSPS) is 22.8. The molecule has 154 valence electrons. The first kappa shape index (κ1) is 19.6. The van der Waals surface area contributed by atoms with Crippen LogP contribution in [0, 0.1) is 25.7 Å². The lowest BCUT2D eigenvalue weighted by Gasteiger charge is -2.35. The number of likely N-dealkylation sites (tertiary alicyclic amines) is 1. The summed E-state index contributed by atoms with van der Waals surface area (Å²) in [5.41, 5.74) is 3.52. The van der Waals surface area contributed by atoms with Gasteiger partial charge in [0.1, 0.15) is 0 Å². The average Bonchev–Trinajstić information content (AvgIpc) is 3.35. The lowest BCUT2D eigenvalue weighted by molar-refractivity contribution is -0.145. The number of amides is 1. The molecule has 2 aliphatic rings. The number of piperidine rings is 1. The van der Waals surface area contributed by atoms with Crippen LogP contribution in [0.1, 0.15) is 40.9 Å². The van der Waals surface area contributed by atoms with Gasteiger partial charge in [-0.1, -0.05) is 18.2 Å². The van der Waals surface area contributed by atoms with E-state index in [2.05, 4.69) is 5.10 Å². The van der Waals surface area contributed by atoms with Gasteiger partial charge in [0.05, 0.1) is 35.2 Å². The number of carboxylic acids is 1. The van der Waals surface area contributed by atoms with Gasteiger partial charge in [-0.15, -0.1) is 0 Å². The molecule has 2 fully saturated rings. The van der Waals surface area contributed by atoms with Crippen LogP contribution in [-0.4, -0.2) is 57.5 Å². The fraction of sp³-hybridized carbons (Fsp3) is 0.500. The molecule has 4 rings (SSSR count). The summed E-state index contributed by atoms with van der Waals surface area (Å²) in [7, 11) is 0. The number of aromatic nitrogens is 2. The first-order valence-corrected chi connectivity index (χ1v) is 10.2. The highest BCUT2D eigenvalue weighted by Gasteiger charge is 2.41. The summed E-state index contributed by atoms with van der Waals surface area (Å²) in [6, 6.07) is 7.97. The van der Waals surface area contributed by atoms with Crippen molar-refractivity contribution >= 4 is 11.9 Å². The van der Waals surface area contributed by atoms with Crippen molar-refractivity contribution in [1.82, 2.24) is 14.7 Å². The van der Waals surface area contributed by atoms with Gasteiger partial charge < -0.3 is 14.7 Å². The maximum Gasteiger partial charge on any atom is 0.309 e. The second kappa shape index (κ2) is 7.99. The zero-order chi connectivity index (χ0) is 20.5. The number of hydrogen-bond acceptors (Lipinski definition) is 4. The summed E-state index contributed by atoms with van der Waals surface area (Å²) in [6.07, 6.45) is 3.54. The molecule has 2 aromatic rings. The highest BCUT2D eigenvalue weighted by Crippen LogP contribution is 2.33. The van der Waals surface area contributed by atoms with Gasteiger partial charge in [0.25, 0.3) is 5.91 Å². The Bertz CT molecular complexity index is 915. The van der Waals surface area contributed by atoms with Gasteiger partial charge in [0.2, 0.25) is 0 Å². The number of para-hydroxylation sites is 1. The number of aliphatic carboxylic acids is 1. The van der Waals surface area contributed by atoms with Crippen molar-refractivity contribution in [2.24, 2.45) is 11.8 Å². The molecule has 0 saturated carbocycles. The third-order valence-corrected chi connectivity index (χ3v) is 6.33. The Labute approximate surface area is 170 Å². The zero-order valence-corrected chi connectivity index (χ0v) is 16.9. The number of carboxylic acid groups (broad SMARTS) is 1. The van der Waals surface area contributed by atoms with Crippen molar-refractivity contribution in [1.29, 1.82) is 0 Å². The molecule has 2 atom stereocenters. The standard InChI is InChI=1S/C22H27N3O4/c1-14-5-3-4-6-19(14)25-15(2)18(13-23-25)21(26)24-10-7-16(8-11-24)20-17(22(27)28)9-12-29-20/h3-6,13,16-17,20H,7-12H2,1-2H3,(H,27,28)/t17?,20-/m0/s1. The van der Waals surface area contributed by atoms with Gasteiger partial charge >= 0.3 is 5.97 Å². The molecule has 7 nitrogen and oxygen atoms in total. The molecule has 1 N–H and O–H groups in total. The summed E-state index contributed by atoms with van der Waals surface area (Å²) in [5, 5.41) is 13.8. The highest BCUT2D eigenvalue weighted by molar-refractivity contribution is 5.95. The Hall–Kier alpha value is -2.67. The average molecular weight is 397 g/mol. The molecule has 2 aliphatic heterocycles. The smallest absolute Gasteiger partial charge is 0.309 e. The van der Waals surface area contributed by atoms with E-state index in [1.807, 2.05) is 47.7 Å². The highest BCUT2D eigenvalue weighted by atomic mass is 16.5. The molecule has 0 aliphatic carbocycles. The van der Waals surface area contributed by atoms with Crippen LogP contribution in [0.15, 0.2) is 30.5 Å². The number of ether oxygens (including phenoxy) is 1. The number of hydrogen-bond donors (Lipinski definition) is 1. The van der Waals surface area contributed by atoms with Crippen LogP contribution >= 0.6 is 0 Å². The van der Waals surface area contributed by atoms with Crippen LogP contribution in [0.4, 0.5) is 0 Å². The molecule has 0 bridgehead atoms. The third-order valence-electron chi connectivity index (χ3n) is 6.33. The van der Waals surface area contributed by atoms with Crippen LogP contribution in [0.3, 0.4) is 0 Å². The van der Waals surface area contributed by atoms with Crippen molar-refractivity contribution in [2.75, 3.05) is 19.7 Å². The van der Waals surface area contributed by atoms with E-state index in [9.17, 15) is 14.7 Å². The predicted molar refractivity (Wildman–Crippen MR) is 107 cm³/mol. The summed E-state index contributed by atoms with van der Waals surface area (Å²) >= 11 is 0. The van der Waals surface area contributed by atoms with Crippen LogP contribution in [0.25, 0.3) is 5.69 Å². The van der Waals surface area contributed by atoms with Gasteiger partial charge in [-0.05, 0) is 50.7 Å². The molecule has 0 radical (unpaired) electrons. The predicted octanol–water partition coefficient (Wildman–Crippen LogP) is 2.83. The van der Waals surface area contributed by atoms with E-state index in [4.69, 9.17) is 4.74 Å². The third kappa shape index (κ3) is 3.67. The lowest BCUT2D eigenvalue weighted by Crippen LogP contribution is -2.43. The van der Waals surface area contributed by atoms with Crippen LogP contribution < -0.4 is 0 Å². The van der Waals surface area contributed by atoms with Crippen molar-refractivity contribution < 1.29 is 19.4 Å². The van der Waals surface area contributed by atoms with E-state index in [0.29, 0.717) is 31.7 Å². The van der Waals surface area contributed by atoms with Crippen molar-refractivity contribution in [3.05, 3.63) is 47.3 Å². The van der Waals surface area contributed by atoms with E-state index >= 15 is 0 Å². The molecular weight excluding hydrogens is 370 g/mol. The van der Waals surface area contributed by atoms with E-state index in [0.717, 1.165) is 29.8 Å². The number of nitrogens with zero attached hydrogens (tertiary/aromatic N) is 3. The second-order valence-electron chi connectivity index (χ2n) is 8.04. The molecule has 3 heterocycles. The number of carbonyl (C=O) groups excluding carboxylic acids is 1. The largest absolute Gasteiger partial charge is 0.481 e. The minimum atomic E-state index is -0.773. The SMILES string of the molecule is Cc1ccccc1-n1ncc(C(=O)N2CCC([C@@H]3OCCC3C(=O)O)CC2)c1C. The van der Waals surface area contributed by atoms with Gasteiger partial charge in [-0.2, -0.15) is 5.10 Å². The minimum Gasteiger partial charge on any atom is -0.481 e. The summed E-state index contributed by atoms with van der Waals surface area (Å²) < 4.78 is 7.55. The Morgan fingerprint density at radius 1 is 1.14 bits per heavy atom. The van der Waals surface area contributed by atoms with Crippen LogP contribution in [-0.2, 0) is 9.53 Å². The number of aryl methyl sites for hydroxylation is 1. The fourth-order valence-electron chi connectivity index (χ4n) is 4.61. The first-order chi connectivity index (χ1) is 14.0. The van der Waals surface area contributed by atoms with E-state index < -0.39 is 11.9 Å². The van der Waals surface area contributed by atoms with Gasteiger partial charge in [0.15, 0.2) is 0 Å². The topological polar surface area (TPSA) is 84.7 Å². The van der Waals surface area contributed by atoms with Gasteiger partial charge in [-0.25, -0.2) is 4.68 Å². The molecule has 1 amide bonds. The fourth-order valence-corrected chi connectivity index (χ4v) is 4.61. The Morgan fingerprint density at radius 2 is 1.86 bits per heavy atom. The number of rotatable bonds is 4. The lowest BCUT2D eigenvalue weighted by atomic mass is 9.84.